The third-order valence-corrected chi connectivity index (χ3v) is 8.87. The van der Waals surface area contributed by atoms with Gasteiger partial charge in [0, 0.05) is 11.5 Å². The molecule has 0 aromatic heterocycles. The second kappa shape index (κ2) is 11.8. The summed E-state index contributed by atoms with van der Waals surface area (Å²) >= 11 is 0. The maximum Gasteiger partial charge on any atom is 0.0229 e. The molecule has 0 unspecified atom stereocenters. The Bertz CT molecular complexity index is 511. The summed E-state index contributed by atoms with van der Waals surface area (Å²) in [5.41, 5.74) is 2.53. The van der Waals surface area contributed by atoms with Crippen molar-refractivity contribution >= 4 is 53.4 Å². The highest BCUT2D eigenvalue weighted by atomic mass is 33.7. The Labute approximate surface area is 148 Å². The van der Waals surface area contributed by atoms with Gasteiger partial charge in [-0.1, -0.05) is 107 Å². The van der Waals surface area contributed by atoms with Gasteiger partial charge in [-0.25, -0.2) is 0 Å². The topological polar surface area (TPSA) is 0 Å². The third kappa shape index (κ3) is 8.08. The van der Waals surface area contributed by atoms with Crippen LogP contribution in [-0.2, 0) is 0 Å². The Morgan fingerprint density at radius 1 is 0.591 bits per heavy atom. The van der Waals surface area contributed by atoms with Crippen LogP contribution < -0.4 is 0 Å². The van der Waals surface area contributed by atoms with E-state index < -0.39 is 0 Å². The highest BCUT2D eigenvalue weighted by molar-refractivity contribution is 9.26. The lowest BCUT2D eigenvalue weighted by molar-refractivity contribution is 1.65. The van der Waals surface area contributed by atoms with Crippen LogP contribution in [0.5, 0.6) is 0 Å². The molecule has 0 bridgehead atoms. The van der Waals surface area contributed by atoms with Gasteiger partial charge in [0.15, 0.2) is 0 Å². The van der Waals surface area contributed by atoms with Crippen molar-refractivity contribution in [3.63, 3.8) is 0 Å². The Balaban J connectivity index is 1.48. The second-order valence-electron chi connectivity index (χ2n) is 4.33. The van der Waals surface area contributed by atoms with Crippen LogP contribution in [-0.4, -0.2) is 11.5 Å². The first-order chi connectivity index (χ1) is 10.9. The largest absolute Gasteiger partial charge is 0.0776 e. The summed E-state index contributed by atoms with van der Waals surface area (Å²) in [6.07, 6.45) is 8.78. The molecular formula is C18H18S4. The molecule has 4 heteroatoms. The predicted molar refractivity (Wildman–Crippen MR) is 111 cm³/mol. The van der Waals surface area contributed by atoms with Crippen molar-refractivity contribution in [2.75, 3.05) is 11.5 Å². The predicted octanol–water partition coefficient (Wildman–Crippen LogP) is 7.09. The van der Waals surface area contributed by atoms with Crippen LogP contribution >= 0.6 is 41.2 Å². The highest BCUT2D eigenvalue weighted by Crippen LogP contribution is 2.42. The van der Waals surface area contributed by atoms with Gasteiger partial charge in [-0.3, -0.25) is 0 Å². The zero-order chi connectivity index (χ0) is 15.3. The molecule has 0 radical (unpaired) electrons. The van der Waals surface area contributed by atoms with Crippen LogP contribution in [0.25, 0.3) is 12.2 Å². The minimum atomic E-state index is 1.03. The summed E-state index contributed by atoms with van der Waals surface area (Å²) < 4.78 is 0. The fraction of sp³-hybridized carbons (Fsp3) is 0.111. The van der Waals surface area contributed by atoms with Gasteiger partial charge in [-0.05, 0) is 30.8 Å². The lowest BCUT2D eigenvalue weighted by Crippen LogP contribution is -1.70. The van der Waals surface area contributed by atoms with Gasteiger partial charge in [0.05, 0.1) is 0 Å². The zero-order valence-corrected chi connectivity index (χ0v) is 15.4. The van der Waals surface area contributed by atoms with E-state index >= 15 is 0 Å². The van der Waals surface area contributed by atoms with E-state index in [0.29, 0.717) is 0 Å². The Hall–Kier alpha value is -0.680. The molecule has 0 saturated heterocycles. The van der Waals surface area contributed by atoms with Crippen molar-refractivity contribution < 1.29 is 0 Å². The Morgan fingerprint density at radius 2 is 1.00 bits per heavy atom. The molecule has 0 N–H and O–H groups in total. The minimum Gasteiger partial charge on any atom is -0.0776 e. The standard InChI is InChI=1S/C18H18S4/c1-3-9-17(10-4-1)13-7-15-19-21-22-20-16-8-14-18-11-5-2-6-12-18/h1-14H,15-16H2/b13-7+,14-8+. The van der Waals surface area contributed by atoms with E-state index in [1.54, 1.807) is 0 Å². The van der Waals surface area contributed by atoms with Crippen LogP contribution in [0, 0.1) is 0 Å². The molecule has 2 aromatic rings. The molecule has 0 aliphatic carbocycles. The molecule has 0 aliphatic rings. The smallest absolute Gasteiger partial charge is 0.0229 e. The molecule has 2 aromatic carbocycles. The van der Waals surface area contributed by atoms with Gasteiger partial charge >= 0.3 is 0 Å². The lowest BCUT2D eigenvalue weighted by Gasteiger charge is -1.96. The molecule has 0 spiro atoms. The van der Waals surface area contributed by atoms with Crippen molar-refractivity contribution in [2.24, 2.45) is 0 Å². The number of hydrogen-bond acceptors (Lipinski definition) is 4. The molecule has 0 heterocycles. The molecule has 22 heavy (non-hydrogen) atoms. The maximum atomic E-state index is 2.22. The van der Waals surface area contributed by atoms with Gasteiger partial charge in [-0.15, -0.1) is 0 Å². The molecule has 0 aliphatic heterocycles. The third-order valence-electron chi connectivity index (χ3n) is 2.67. The quantitative estimate of drug-likeness (QED) is 0.345. The van der Waals surface area contributed by atoms with E-state index in [0.717, 1.165) is 11.5 Å². The second-order valence-corrected chi connectivity index (χ2v) is 10.4. The first-order valence-corrected chi connectivity index (χ1v) is 12.1. The van der Waals surface area contributed by atoms with Crippen molar-refractivity contribution in [3.8, 4) is 0 Å². The van der Waals surface area contributed by atoms with Crippen LogP contribution in [0.3, 0.4) is 0 Å². The normalized spacial score (nSPS) is 11.5. The minimum absolute atomic E-state index is 1.03. The Morgan fingerprint density at radius 3 is 1.41 bits per heavy atom. The van der Waals surface area contributed by atoms with Crippen molar-refractivity contribution in [3.05, 3.63) is 83.9 Å². The first kappa shape index (κ1) is 17.7. The summed E-state index contributed by atoms with van der Waals surface area (Å²) in [4.78, 5) is 0. The van der Waals surface area contributed by atoms with Gasteiger partial charge < -0.3 is 0 Å². The van der Waals surface area contributed by atoms with Crippen molar-refractivity contribution in [2.45, 2.75) is 0 Å². The van der Waals surface area contributed by atoms with E-state index in [-0.39, 0.29) is 0 Å². The fourth-order valence-corrected chi connectivity index (χ4v) is 7.08. The van der Waals surface area contributed by atoms with Gasteiger partial charge in [0.1, 0.15) is 0 Å². The summed E-state index contributed by atoms with van der Waals surface area (Å²) in [5, 5.41) is 0. The zero-order valence-electron chi connectivity index (χ0n) is 12.1. The van der Waals surface area contributed by atoms with Crippen LogP contribution in [0.2, 0.25) is 0 Å². The first-order valence-electron chi connectivity index (χ1n) is 6.96. The maximum absolute atomic E-state index is 2.22. The monoisotopic (exact) mass is 362 g/mol. The molecule has 0 atom stereocenters. The summed E-state index contributed by atoms with van der Waals surface area (Å²) in [6, 6.07) is 20.8. The van der Waals surface area contributed by atoms with Gasteiger partial charge in [0.2, 0.25) is 0 Å². The fourth-order valence-electron chi connectivity index (χ4n) is 1.67. The summed E-state index contributed by atoms with van der Waals surface area (Å²) in [6.45, 7) is 0. The van der Waals surface area contributed by atoms with Crippen molar-refractivity contribution in [1.29, 1.82) is 0 Å². The van der Waals surface area contributed by atoms with E-state index in [1.807, 2.05) is 53.4 Å². The van der Waals surface area contributed by atoms with E-state index in [1.165, 1.54) is 11.1 Å². The van der Waals surface area contributed by atoms with Crippen LogP contribution in [0.15, 0.2) is 72.8 Å². The average molecular weight is 363 g/mol. The molecule has 2 rings (SSSR count). The molecule has 0 nitrogen and oxygen atoms in total. The molecule has 0 amide bonds. The highest BCUT2D eigenvalue weighted by Gasteiger charge is 1.90. The van der Waals surface area contributed by atoms with Crippen LogP contribution in [0.4, 0.5) is 0 Å². The molecule has 114 valence electrons. The number of rotatable bonds is 9. The summed E-state index contributed by atoms with van der Waals surface area (Å²) in [7, 11) is 7.44. The molecule has 0 fully saturated rings. The lowest BCUT2D eigenvalue weighted by atomic mass is 10.2. The van der Waals surface area contributed by atoms with E-state index in [4.69, 9.17) is 0 Å². The van der Waals surface area contributed by atoms with E-state index in [2.05, 4.69) is 72.8 Å². The van der Waals surface area contributed by atoms with E-state index in [9.17, 15) is 0 Å². The average Bonchev–Trinajstić information content (AvgIpc) is 2.58. The van der Waals surface area contributed by atoms with Gasteiger partial charge in [-0.2, -0.15) is 0 Å². The summed E-state index contributed by atoms with van der Waals surface area (Å²) in [5.74, 6) is 2.07. The molecular weight excluding hydrogens is 344 g/mol. The Kier molecular flexibility index (Phi) is 9.50. The number of hydrogen-bond donors (Lipinski definition) is 0. The van der Waals surface area contributed by atoms with Crippen molar-refractivity contribution in [1.82, 2.24) is 0 Å². The van der Waals surface area contributed by atoms with Crippen LogP contribution in [0.1, 0.15) is 11.1 Å². The molecule has 0 saturated carbocycles. The van der Waals surface area contributed by atoms with Gasteiger partial charge in [0.25, 0.3) is 0 Å². The number of benzene rings is 2. The SMILES string of the molecule is C(=C\c1ccccc1)/CSSSSC/C=C/c1ccccc1.